The van der Waals surface area contributed by atoms with Gasteiger partial charge in [-0.3, -0.25) is 19.4 Å². The molecular weight excluding hydrogens is 332 g/mol. The Balaban J connectivity index is 2.03. The monoisotopic (exact) mass is 344 g/mol. The number of thiocarbonyl (C=S) groups is 1. The summed E-state index contributed by atoms with van der Waals surface area (Å²) < 4.78 is 0. The molecule has 6 heteroatoms. The summed E-state index contributed by atoms with van der Waals surface area (Å²) in [5, 5.41) is 0.679. The third kappa shape index (κ3) is 2.85. The minimum atomic E-state index is -0.355. The van der Waals surface area contributed by atoms with Crippen LogP contribution in [0.2, 0.25) is 5.02 Å². The van der Waals surface area contributed by atoms with Crippen LogP contribution in [-0.2, 0) is 9.59 Å². The fraction of sp³-hybridized carbons (Fsp3) is 0.118. The first-order valence-electron chi connectivity index (χ1n) is 7.00. The first kappa shape index (κ1) is 15.6. The van der Waals surface area contributed by atoms with E-state index in [2.05, 4.69) is 0 Å². The smallest absolute Gasteiger partial charge is 0.242 e. The molecule has 0 N–H and O–H groups in total. The molecule has 0 atom stereocenters. The van der Waals surface area contributed by atoms with Crippen LogP contribution in [0.5, 0.6) is 0 Å². The van der Waals surface area contributed by atoms with Gasteiger partial charge in [0.25, 0.3) is 0 Å². The topological polar surface area (TPSA) is 40.6 Å². The quantitative estimate of drug-likeness (QED) is 0.616. The highest BCUT2D eigenvalue weighted by Gasteiger charge is 2.36. The van der Waals surface area contributed by atoms with Gasteiger partial charge in [0.15, 0.2) is 5.11 Å². The summed E-state index contributed by atoms with van der Waals surface area (Å²) in [6.45, 7) is 1.88. The summed E-state index contributed by atoms with van der Waals surface area (Å²) in [6.07, 6.45) is -0.236. The maximum Gasteiger partial charge on any atom is 0.242 e. The molecule has 2 aromatic carbocycles. The Morgan fingerprint density at radius 1 is 0.957 bits per heavy atom. The molecule has 3 rings (SSSR count). The van der Waals surface area contributed by atoms with Crippen molar-refractivity contribution in [1.29, 1.82) is 0 Å². The molecule has 23 heavy (non-hydrogen) atoms. The van der Waals surface area contributed by atoms with Crippen LogP contribution in [0.15, 0.2) is 48.5 Å². The minimum Gasteiger partial charge on any atom is -0.273 e. The molecule has 1 fully saturated rings. The lowest BCUT2D eigenvalue weighted by Gasteiger charge is -2.35. The lowest BCUT2D eigenvalue weighted by atomic mass is 10.1. The zero-order valence-corrected chi connectivity index (χ0v) is 13.9. The maximum absolute atomic E-state index is 12.3. The zero-order chi connectivity index (χ0) is 16.6. The van der Waals surface area contributed by atoms with E-state index in [-0.39, 0.29) is 23.3 Å². The second kappa shape index (κ2) is 6.10. The molecule has 1 saturated heterocycles. The Morgan fingerprint density at radius 2 is 1.57 bits per heavy atom. The number of halogens is 1. The summed E-state index contributed by atoms with van der Waals surface area (Å²) in [6, 6.07) is 14.3. The first-order chi connectivity index (χ1) is 11.0. The second-order valence-corrected chi connectivity index (χ2v) is 5.96. The van der Waals surface area contributed by atoms with Gasteiger partial charge in [-0.15, -0.1) is 0 Å². The van der Waals surface area contributed by atoms with Crippen molar-refractivity contribution in [3.63, 3.8) is 0 Å². The number of benzene rings is 2. The van der Waals surface area contributed by atoms with Crippen LogP contribution in [0.1, 0.15) is 12.0 Å². The number of rotatable bonds is 2. The summed E-state index contributed by atoms with van der Waals surface area (Å²) in [4.78, 5) is 27.4. The highest BCUT2D eigenvalue weighted by molar-refractivity contribution is 7.81. The van der Waals surface area contributed by atoms with E-state index < -0.39 is 0 Å². The van der Waals surface area contributed by atoms with Crippen molar-refractivity contribution < 1.29 is 9.59 Å². The molecule has 0 aromatic heterocycles. The van der Waals surface area contributed by atoms with E-state index in [9.17, 15) is 9.59 Å². The number of carbonyl (C=O) groups excluding carboxylic acids is 2. The number of anilines is 2. The Hall–Kier alpha value is -2.24. The van der Waals surface area contributed by atoms with Crippen LogP contribution < -0.4 is 9.80 Å². The van der Waals surface area contributed by atoms with Gasteiger partial charge in [0.2, 0.25) is 11.8 Å². The van der Waals surface area contributed by atoms with Crippen LogP contribution >= 0.6 is 23.8 Å². The number of amides is 2. The third-order valence-corrected chi connectivity index (χ3v) is 4.38. The third-order valence-electron chi connectivity index (χ3n) is 3.61. The van der Waals surface area contributed by atoms with Crippen molar-refractivity contribution in [1.82, 2.24) is 0 Å². The SMILES string of the molecule is Cc1ccc(N2C(=O)CC(=O)N(c3ccccc3)C2=S)cc1Cl. The molecular formula is C17H13ClN2O2S. The lowest BCUT2D eigenvalue weighted by Crippen LogP contribution is -2.55. The van der Waals surface area contributed by atoms with Gasteiger partial charge < -0.3 is 0 Å². The normalized spacial score (nSPS) is 15.3. The average molecular weight is 345 g/mol. The molecule has 2 amide bonds. The molecule has 4 nitrogen and oxygen atoms in total. The zero-order valence-electron chi connectivity index (χ0n) is 12.3. The van der Waals surface area contributed by atoms with Gasteiger partial charge >= 0.3 is 0 Å². The highest BCUT2D eigenvalue weighted by atomic mass is 35.5. The Kier molecular flexibility index (Phi) is 4.15. The lowest BCUT2D eigenvalue weighted by molar-refractivity contribution is -0.126. The van der Waals surface area contributed by atoms with Gasteiger partial charge in [0, 0.05) is 5.02 Å². The number of para-hydroxylation sites is 1. The highest BCUT2D eigenvalue weighted by Crippen LogP contribution is 2.29. The summed E-state index contributed by atoms with van der Waals surface area (Å²) in [5.41, 5.74) is 2.10. The summed E-state index contributed by atoms with van der Waals surface area (Å²) in [5.74, 6) is -0.687. The van der Waals surface area contributed by atoms with Crippen molar-refractivity contribution in [3.05, 3.63) is 59.1 Å². The van der Waals surface area contributed by atoms with E-state index in [0.29, 0.717) is 16.4 Å². The van der Waals surface area contributed by atoms with E-state index in [1.54, 1.807) is 24.3 Å². The number of nitrogens with zero attached hydrogens (tertiary/aromatic N) is 2. The largest absolute Gasteiger partial charge is 0.273 e. The molecule has 1 aliphatic heterocycles. The minimum absolute atomic E-state index is 0.136. The van der Waals surface area contributed by atoms with E-state index >= 15 is 0 Å². The maximum atomic E-state index is 12.3. The van der Waals surface area contributed by atoms with Crippen LogP contribution in [0.25, 0.3) is 0 Å². The van der Waals surface area contributed by atoms with E-state index in [1.165, 1.54) is 9.80 Å². The summed E-state index contributed by atoms with van der Waals surface area (Å²) in [7, 11) is 0. The fourth-order valence-electron chi connectivity index (χ4n) is 2.41. The molecule has 0 aliphatic carbocycles. The van der Waals surface area contributed by atoms with Gasteiger partial charge in [-0.1, -0.05) is 35.9 Å². The standard InChI is InChI=1S/C17H13ClN2O2S/c1-11-7-8-13(9-14(11)18)20-16(22)10-15(21)19(17(20)23)12-5-3-2-4-6-12/h2-9H,10H2,1H3. The second-order valence-electron chi connectivity index (χ2n) is 5.19. The number of carbonyl (C=O) groups is 2. The molecule has 1 aliphatic rings. The number of hydrogen-bond donors (Lipinski definition) is 0. The Labute approximate surface area is 144 Å². The molecule has 0 bridgehead atoms. The molecule has 1 heterocycles. The predicted octanol–water partition coefficient (Wildman–Crippen LogP) is 3.70. The average Bonchev–Trinajstić information content (AvgIpc) is 2.51. The molecule has 2 aromatic rings. The predicted molar refractivity (Wildman–Crippen MR) is 94.8 cm³/mol. The van der Waals surface area contributed by atoms with E-state index in [4.69, 9.17) is 23.8 Å². The van der Waals surface area contributed by atoms with Gasteiger partial charge in [-0.05, 0) is 49.0 Å². The van der Waals surface area contributed by atoms with Crippen LogP contribution in [0, 0.1) is 6.92 Å². The Morgan fingerprint density at radius 3 is 2.17 bits per heavy atom. The van der Waals surface area contributed by atoms with Crippen molar-refractivity contribution >= 4 is 52.1 Å². The Bertz CT molecular complexity index is 807. The fourth-order valence-corrected chi connectivity index (χ4v) is 3.00. The van der Waals surface area contributed by atoms with Gasteiger partial charge in [-0.2, -0.15) is 0 Å². The number of aryl methyl sites for hydroxylation is 1. The van der Waals surface area contributed by atoms with Gasteiger partial charge in [-0.25, -0.2) is 0 Å². The number of hydrogen-bond acceptors (Lipinski definition) is 3. The van der Waals surface area contributed by atoms with Crippen molar-refractivity contribution in [2.45, 2.75) is 13.3 Å². The van der Waals surface area contributed by atoms with Crippen molar-refractivity contribution in [2.24, 2.45) is 0 Å². The van der Waals surface area contributed by atoms with E-state index in [0.717, 1.165) is 5.56 Å². The van der Waals surface area contributed by atoms with Gasteiger partial charge in [0.1, 0.15) is 6.42 Å². The van der Waals surface area contributed by atoms with Crippen LogP contribution in [0.3, 0.4) is 0 Å². The van der Waals surface area contributed by atoms with Crippen LogP contribution in [-0.4, -0.2) is 16.9 Å². The van der Waals surface area contributed by atoms with Gasteiger partial charge in [0.05, 0.1) is 11.4 Å². The molecule has 0 radical (unpaired) electrons. The molecule has 116 valence electrons. The molecule has 0 unspecified atom stereocenters. The van der Waals surface area contributed by atoms with E-state index in [1.807, 2.05) is 31.2 Å². The first-order valence-corrected chi connectivity index (χ1v) is 7.79. The molecule has 0 spiro atoms. The van der Waals surface area contributed by atoms with Crippen LogP contribution in [0.4, 0.5) is 11.4 Å². The van der Waals surface area contributed by atoms with Crippen molar-refractivity contribution in [2.75, 3.05) is 9.80 Å². The summed E-state index contributed by atoms with van der Waals surface area (Å²) >= 11 is 11.6. The molecule has 0 saturated carbocycles. The van der Waals surface area contributed by atoms with Crippen molar-refractivity contribution in [3.8, 4) is 0 Å².